The lowest BCUT2D eigenvalue weighted by molar-refractivity contribution is 0.310. The Hall–Kier alpha value is 0.440. The molecule has 1 aromatic rings. The molecule has 0 bridgehead atoms. The van der Waals surface area contributed by atoms with E-state index in [0.29, 0.717) is 10.1 Å². The van der Waals surface area contributed by atoms with Gasteiger partial charge in [-0.2, -0.15) is 0 Å². The first kappa shape index (κ1) is 12.9. The van der Waals surface area contributed by atoms with E-state index in [2.05, 4.69) is 93.3 Å². The number of halogens is 2. The fourth-order valence-electron chi connectivity index (χ4n) is 2.15. The van der Waals surface area contributed by atoms with Crippen molar-refractivity contribution in [2.75, 3.05) is 25.5 Å². The molecule has 0 aliphatic carbocycles. The third-order valence-corrected chi connectivity index (χ3v) is 5.32. The zero-order valence-electron chi connectivity index (χ0n) is 9.53. The van der Waals surface area contributed by atoms with Crippen LogP contribution in [0.3, 0.4) is 0 Å². The maximum absolute atomic E-state index is 2.57. The van der Waals surface area contributed by atoms with Crippen LogP contribution in [-0.2, 0) is 0 Å². The van der Waals surface area contributed by atoms with E-state index in [4.69, 9.17) is 0 Å². The number of nitrogens with zero attached hydrogens (tertiary/aromatic N) is 2. The largest absolute Gasteiger partial charge is 0.358 e. The second-order valence-corrected chi connectivity index (χ2v) is 6.88. The average Bonchev–Trinajstić information content (AvgIpc) is 2.61. The number of hydrogen-bond donors (Lipinski definition) is 0. The molecule has 2 atom stereocenters. The summed E-state index contributed by atoms with van der Waals surface area (Å²) in [7, 11) is 4.35. The number of anilines is 1. The highest BCUT2D eigenvalue weighted by Crippen LogP contribution is 2.31. The number of hydrogen-bond acceptors (Lipinski definition) is 2. The van der Waals surface area contributed by atoms with Gasteiger partial charge in [-0.25, -0.2) is 0 Å². The normalized spacial score (nSPS) is 25.4. The summed E-state index contributed by atoms with van der Waals surface area (Å²) < 4.78 is 1.88. The van der Waals surface area contributed by atoms with Crippen LogP contribution in [0.25, 0.3) is 0 Å². The Kier molecular flexibility index (Phi) is 4.34. The lowest BCUT2D eigenvalue weighted by Gasteiger charge is -2.28. The summed E-state index contributed by atoms with van der Waals surface area (Å²) in [6.45, 7) is 1.16. The highest BCUT2D eigenvalue weighted by atomic mass is 127. The summed E-state index contributed by atoms with van der Waals surface area (Å²) in [4.78, 5) is 4.84. The molecule has 4 heteroatoms. The molecule has 2 nitrogen and oxygen atoms in total. The third-order valence-electron chi connectivity index (χ3n) is 3.10. The van der Waals surface area contributed by atoms with Crippen LogP contribution in [0, 0.1) is 3.57 Å². The van der Waals surface area contributed by atoms with Gasteiger partial charge < -0.3 is 9.80 Å². The molecule has 0 N–H and O–H groups in total. The topological polar surface area (TPSA) is 6.48 Å². The highest BCUT2D eigenvalue weighted by Gasteiger charge is 2.33. The Morgan fingerprint density at radius 3 is 2.38 bits per heavy atom. The smallest absolute Gasteiger partial charge is 0.0964 e. The zero-order chi connectivity index (χ0) is 11.7. The summed E-state index contributed by atoms with van der Waals surface area (Å²) in [6, 6.07) is 9.49. The molecule has 88 valence electrons. The van der Waals surface area contributed by atoms with E-state index in [1.165, 1.54) is 15.7 Å². The van der Waals surface area contributed by atoms with Crippen LogP contribution in [-0.4, -0.2) is 35.6 Å². The lowest BCUT2D eigenvalue weighted by Crippen LogP contribution is -2.37. The molecule has 1 saturated heterocycles. The van der Waals surface area contributed by atoms with Crippen LogP contribution < -0.4 is 4.90 Å². The SMILES string of the molecule is CN(C)C1CCN(c2ccc(I)cc2)C1I. The molecule has 0 aromatic heterocycles. The van der Waals surface area contributed by atoms with Gasteiger partial charge in [0.2, 0.25) is 0 Å². The molecule has 0 radical (unpaired) electrons. The van der Waals surface area contributed by atoms with Gasteiger partial charge in [0, 0.05) is 21.8 Å². The molecular formula is C12H16I2N2. The van der Waals surface area contributed by atoms with Crippen molar-refractivity contribution >= 4 is 50.9 Å². The summed E-state index contributed by atoms with van der Waals surface area (Å²) in [5, 5.41) is 0. The van der Waals surface area contributed by atoms with Gasteiger partial charge in [-0.3, -0.25) is 0 Å². The van der Waals surface area contributed by atoms with Gasteiger partial charge >= 0.3 is 0 Å². The quantitative estimate of drug-likeness (QED) is 0.395. The molecule has 1 aliphatic rings. The minimum atomic E-state index is 0.577. The molecule has 16 heavy (non-hydrogen) atoms. The Morgan fingerprint density at radius 2 is 1.88 bits per heavy atom. The van der Waals surface area contributed by atoms with Crippen LogP contribution >= 0.6 is 45.2 Å². The van der Waals surface area contributed by atoms with E-state index >= 15 is 0 Å². The van der Waals surface area contributed by atoms with Crippen LogP contribution in [0.5, 0.6) is 0 Å². The summed E-state index contributed by atoms with van der Waals surface area (Å²) in [5.74, 6) is 0. The first-order valence-electron chi connectivity index (χ1n) is 5.42. The minimum Gasteiger partial charge on any atom is -0.358 e. The Balaban J connectivity index is 2.15. The standard InChI is InChI=1S/C12H16I2N2/c1-15(2)11-7-8-16(12(11)14)10-5-3-9(13)4-6-10/h3-6,11-12H,7-8H2,1-2H3. The molecule has 0 spiro atoms. The fraction of sp³-hybridized carbons (Fsp3) is 0.500. The zero-order valence-corrected chi connectivity index (χ0v) is 13.8. The minimum absolute atomic E-state index is 0.577. The second-order valence-electron chi connectivity index (χ2n) is 4.36. The van der Waals surface area contributed by atoms with E-state index in [1.807, 2.05) is 0 Å². The average molecular weight is 442 g/mol. The molecular weight excluding hydrogens is 426 g/mol. The highest BCUT2D eigenvalue weighted by molar-refractivity contribution is 14.1. The first-order valence-corrected chi connectivity index (χ1v) is 7.75. The van der Waals surface area contributed by atoms with E-state index < -0.39 is 0 Å². The molecule has 1 fully saturated rings. The van der Waals surface area contributed by atoms with Crippen molar-refractivity contribution in [3.8, 4) is 0 Å². The summed E-state index contributed by atoms with van der Waals surface area (Å²) >= 11 is 4.92. The Bertz CT molecular complexity index is 351. The predicted octanol–water partition coefficient (Wildman–Crippen LogP) is 3.19. The van der Waals surface area contributed by atoms with Gasteiger partial charge in [0.15, 0.2) is 0 Å². The van der Waals surface area contributed by atoms with Gasteiger partial charge in [0.05, 0.1) is 4.05 Å². The Morgan fingerprint density at radius 1 is 1.25 bits per heavy atom. The maximum Gasteiger partial charge on any atom is 0.0964 e. The fourth-order valence-corrected chi connectivity index (χ4v) is 4.11. The summed E-state index contributed by atoms with van der Waals surface area (Å²) in [5.41, 5.74) is 1.35. The Labute approximate surface area is 125 Å². The maximum atomic E-state index is 2.57. The number of benzene rings is 1. The van der Waals surface area contributed by atoms with Crippen molar-refractivity contribution in [2.45, 2.75) is 16.5 Å². The van der Waals surface area contributed by atoms with Crippen molar-refractivity contribution in [2.24, 2.45) is 0 Å². The monoisotopic (exact) mass is 442 g/mol. The number of alkyl halides is 1. The predicted molar refractivity (Wildman–Crippen MR) is 86.4 cm³/mol. The van der Waals surface area contributed by atoms with Crippen LogP contribution in [0.2, 0.25) is 0 Å². The molecule has 1 heterocycles. The van der Waals surface area contributed by atoms with E-state index in [1.54, 1.807) is 0 Å². The van der Waals surface area contributed by atoms with Crippen molar-refractivity contribution in [1.29, 1.82) is 0 Å². The van der Waals surface area contributed by atoms with Crippen molar-refractivity contribution in [3.63, 3.8) is 0 Å². The van der Waals surface area contributed by atoms with Gasteiger partial charge in [-0.1, -0.05) is 22.6 Å². The van der Waals surface area contributed by atoms with E-state index in [-0.39, 0.29) is 0 Å². The molecule has 0 amide bonds. The van der Waals surface area contributed by atoms with Gasteiger partial charge in [-0.05, 0) is 67.4 Å². The molecule has 1 aromatic carbocycles. The van der Waals surface area contributed by atoms with Crippen LogP contribution in [0.4, 0.5) is 5.69 Å². The summed E-state index contributed by atoms with van der Waals surface area (Å²) in [6.07, 6.45) is 1.26. The number of rotatable bonds is 2. The van der Waals surface area contributed by atoms with Crippen LogP contribution in [0.1, 0.15) is 6.42 Å². The first-order chi connectivity index (χ1) is 7.59. The van der Waals surface area contributed by atoms with Gasteiger partial charge in [0.25, 0.3) is 0 Å². The van der Waals surface area contributed by atoms with E-state index in [0.717, 1.165) is 6.54 Å². The van der Waals surface area contributed by atoms with Gasteiger partial charge in [-0.15, -0.1) is 0 Å². The second kappa shape index (κ2) is 5.39. The number of likely N-dealkylation sites (N-methyl/N-ethyl adjacent to an activating group) is 1. The molecule has 2 unspecified atom stereocenters. The molecule has 0 saturated carbocycles. The van der Waals surface area contributed by atoms with E-state index in [9.17, 15) is 0 Å². The van der Waals surface area contributed by atoms with Crippen molar-refractivity contribution in [1.82, 2.24) is 4.90 Å². The van der Waals surface area contributed by atoms with Gasteiger partial charge in [0.1, 0.15) is 0 Å². The van der Waals surface area contributed by atoms with Crippen LogP contribution in [0.15, 0.2) is 24.3 Å². The molecule has 2 rings (SSSR count). The van der Waals surface area contributed by atoms with Crippen molar-refractivity contribution < 1.29 is 0 Å². The third kappa shape index (κ3) is 2.64. The lowest BCUT2D eigenvalue weighted by atomic mass is 10.2. The van der Waals surface area contributed by atoms with Crippen molar-refractivity contribution in [3.05, 3.63) is 27.8 Å². The molecule has 1 aliphatic heterocycles.